The number of hydrogen-bond acceptors (Lipinski definition) is 2. The minimum Gasteiger partial charge on any atom is -0.368 e. The van der Waals surface area contributed by atoms with Crippen molar-refractivity contribution < 1.29 is 4.79 Å². The minimum atomic E-state index is -0.442. The second-order valence-electron chi connectivity index (χ2n) is 3.47. The number of primary amides is 1. The highest BCUT2D eigenvalue weighted by molar-refractivity contribution is 6.35. The lowest BCUT2D eigenvalue weighted by molar-refractivity contribution is -0.118. The van der Waals surface area contributed by atoms with Crippen LogP contribution in [-0.4, -0.2) is 15.5 Å². The van der Waals surface area contributed by atoms with Gasteiger partial charge in [-0.2, -0.15) is 0 Å². The van der Waals surface area contributed by atoms with Crippen molar-refractivity contribution in [2.75, 3.05) is 0 Å². The molecule has 0 aliphatic rings. The summed E-state index contributed by atoms with van der Waals surface area (Å²) in [6, 6.07) is 5.07. The molecule has 4 nitrogen and oxygen atoms in total. The molecule has 17 heavy (non-hydrogen) atoms. The van der Waals surface area contributed by atoms with Crippen molar-refractivity contribution in [1.29, 1.82) is 0 Å². The van der Waals surface area contributed by atoms with Crippen molar-refractivity contribution in [3.05, 3.63) is 40.6 Å². The van der Waals surface area contributed by atoms with Gasteiger partial charge < -0.3 is 10.3 Å². The normalized spacial score (nSPS) is 10.5. The van der Waals surface area contributed by atoms with Crippen molar-refractivity contribution in [3.8, 4) is 11.4 Å². The lowest BCUT2D eigenvalue weighted by Crippen LogP contribution is -2.18. The van der Waals surface area contributed by atoms with E-state index in [2.05, 4.69) is 4.98 Å². The fourth-order valence-corrected chi connectivity index (χ4v) is 1.89. The highest BCUT2D eigenvalue weighted by Gasteiger charge is 2.11. The van der Waals surface area contributed by atoms with Crippen LogP contribution in [0.4, 0.5) is 0 Å². The Bertz CT molecular complexity index is 566. The van der Waals surface area contributed by atoms with Gasteiger partial charge in [-0.3, -0.25) is 4.79 Å². The van der Waals surface area contributed by atoms with Gasteiger partial charge in [0.2, 0.25) is 5.91 Å². The smallest absolute Gasteiger partial charge is 0.237 e. The van der Waals surface area contributed by atoms with Gasteiger partial charge in [0.25, 0.3) is 0 Å². The lowest BCUT2D eigenvalue weighted by Gasteiger charge is -2.07. The second kappa shape index (κ2) is 4.77. The van der Waals surface area contributed by atoms with Crippen LogP contribution in [0.5, 0.6) is 0 Å². The average molecular weight is 270 g/mol. The molecule has 2 rings (SSSR count). The summed E-state index contributed by atoms with van der Waals surface area (Å²) in [5.41, 5.74) is 5.82. The predicted molar refractivity (Wildman–Crippen MR) is 66.9 cm³/mol. The molecule has 0 unspecified atom stereocenters. The van der Waals surface area contributed by atoms with E-state index >= 15 is 0 Å². The number of nitrogens with zero attached hydrogens (tertiary/aromatic N) is 2. The van der Waals surface area contributed by atoms with Gasteiger partial charge in [-0.25, -0.2) is 4.98 Å². The molecule has 6 heteroatoms. The first-order valence-corrected chi connectivity index (χ1v) is 5.58. The molecule has 88 valence electrons. The maximum atomic E-state index is 10.9. The molecular formula is C11H9Cl2N3O. The van der Waals surface area contributed by atoms with Crippen molar-refractivity contribution in [1.82, 2.24) is 9.55 Å². The number of imidazole rings is 1. The molecule has 0 aliphatic carbocycles. The molecule has 2 N–H and O–H groups in total. The molecule has 0 radical (unpaired) electrons. The predicted octanol–water partition coefficient (Wildman–Crippen LogP) is 2.34. The molecular weight excluding hydrogens is 261 g/mol. The molecule has 1 heterocycles. The first kappa shape index (κ1) is 12.0. The number of hydrogen-bond donors (Lipinski definition) is 1. The van der Waals surface area contributed by atoms with Crippen LogP contribution < -0.4 is 5.73 Å². The van der Waals surface area contributed by atoms with E-state index in [1.54, 1.807) is 35.2 Å². The van der Waals surface area contributed by atoms with Crippen molar-refractivity contribution in [3.63, 3.8) is 0 Å². The van der Waals surface area contributed by atoms with E-state index in [1.807, 2.05) is 0 Å². The number of halogens is 2. The van der Waals surface area contributed by atoms with Gasteiger partial charge in [-0.15, -0.1) is 0 Å². The Labute approximate surface area is 108 Å². The number of aromatic nitrogens is 2. The Balaban J connectivity index is 2.49. The van der Waals surface area contributed by atoms with Gasteiger partial charge in [0.1, 0.15) is 12.4 Å². The first-order valence-electron chi connectivity index (χ1n) is 4.83. The molecule has 1 aromatic carbocycles. The highest BCUT2D eigenvalue weighted by atomic mass is 35.5. The quantitative estimate of drug-likeness (QED) is 0.930. The van der Waals surface area contributed by atoms with Gasteiger partial charge >= 0.3 is 0 Å². The van der Waals surface area contributed by atoms with Crippen LogP contribution in [0.2, 0.25) is 10.0 Å². The van der Waals surface area contributed by atoms with Gasteiger partial charge in [0.05, 0.1) is 5.02 Å². The van der Waals surface area contributed by atoms with Crippen LogP contribution in [0.3, 0.4) is 0 Å². The zero-order chi connectivity index (χ0) is 12.4. The van der Waals surface area contributed by atoms with Crippen LogP contribution in [0.25, 0.3) is 11.4 Å². The summed E-state index contributed by atoms with van der Waals surface area (Å²) < 4.78 is 1.62. The van der Waals surface area contributed by atoms with Gasteiger partial charge in [-0.1, -0.05) is 23.2 Å². The van der Waals surface area contributed by atoms with Crippen LogP contribution in [-0.2, 0) is 11.3 Å². The first-order chi connectivity index (χ1) is 8.08. The fraction of sp³-hybridized carbons (Fsp3) is 0.0909. The van der Waals surface area contributed by atoms with Gasteiger partial charge in [0, 0.05) is 23.0 Å². The molecule has 2 aromatic rings. The third-order valence-electron chi connectivity index (χ3n) is 2.21. The summed E-state index contributed by atoms with van der Waals surface area (Å²) in [5, 5.41) is 1.07. The maximum absolute atomic E-state index is 10.9. The molecule has 0 atom stereocenters. The summed E-state index contributed by atoms with van der Waals surface area (Å²) in [6.45, 7) is 0.0537. The van der Waals surface area contributed by atoms with Gasteiger partial charge in [-0.05, 0) is 18.2 Å². The Morgan fingerprint density at radius 2 is 2.18 bits per heavy atom. The molecule has 0 bridgehead atoms. The Morgan fingerprint density at radius 1 is 1.41 bits per heavy atom. The third-order valence-corrected chi connectivity index (χ3v) is 2.78. The van der Waals surface area contributed by atoms with E-state index in [1.165, 1.54) is 0 Å². The SMILES string of the molecule is NC(=O)Cn1ccnc1-c1cc(Cl)ccc1Cl. The Kier molecular flexibility index (Phi) is 3.36. The molecule has 1 amide bonds. The number of carbonyl (C=O) groups excluding carboxylic acids is 1. The number of amides is 1. The molecule has 0 aliphatic heterocycles. The summed E-state index contributed by atoms with van der Waals surface area (Å²) in [4.78, 5) is 15.1. The molecule has 1 aromatic heterocycles. The standard InChI is InChI=1S/C11H9Cl2N3O/c12-7-1-2-9(13)8(5-7)11-15-3-4-16(11)6-10(14)17/h1-5H,6H2,(H2,14,17). The summed E-state index contributed by atoms with van der Waals surface area (Å²) >= 11 is 12.0. The van der Waals surface area contributed by atoms with Crippen molar-refractivity contribution in [2.24, 2.45) is 5.73 Å². The van der Waals surface area contributed by atoms with E-state index in [0.717, 1.165) is 0 Å². The highest BCUT2D eigenvalue weighted by Crippen LogP contribution is 2.29. The maximum Gasteiger partial charge on any atom is 0.237 e. The van der Waals surface area contributed by atoms with E-state index in [0.29, 0.717) is 21.4 Å². The second-order valence-corrected chi connectivity index (χ2v) is 4.31. The largest absolute Gasteiger partial charge is 0.368 e. The van der Waals surface area contributed by atoms with Crippen LogP contribution in [0.1, 0.15) is 0 Å². The third kappa shape index (κ3) is 2.60. The number of rotatable bonds is 3. The Morgan fingerprint density at radius 3 is 2.88 bits per heavy atom. The topological polar surface area (TPSA) is 60.9 Å². The van der Waals surface area contributed by atoms with Crippen molar-refractivity contribution in [2.45, 2.75) is 6.54 Å². The van der Waals surface area contributed by atoms with Crippen molar-refractivity contribution >= 4 is 29.1 Å². The van der Waals surface area contributed by atoms with Gasteiger partial charge in [0.15, 0.2) is 0 Å². The fourth-order valence-electron chi connectivity index (χ4n) is 1.52. The van der Waals surface area contributed by atoms with Crippen LogP contribution in [0.15, 0.2) is 30.6 Å². The average Bonchev–Trinajstić information content (AvgIpc) is 2.69. The summed E-state index contributed by atoms with van der Waals surface area (Å²) in [5.74, 6) is 0.124. The monoisotopic (exact) mass is 269 g/mol. The molecule has 0 saturated carbocycles. The number of benzene rings is 1. The molecule has 0 fully saturated rings. The Hall–Kier alpha value is -1.52. The van der Waals surface area contributed by atoms with E-state index in [-0.39, 0.29) is 6.54 Å². The zero-order valence-corrected chi connectivity index (χ0v) is 10.2. The van der Waals surface area contributed by atoms with E-state index in [4.69, 9.17) is 28.9 Å². The number of carbonyl (C=O) groups is 1. The van der Waals surface area contributed by atoms with E-state index < -0.39 is 5.91 Å². The van der Waals surface area contributed by atoms with Crippen LogP contribution >= 0.6 is 23.2 Å². The molecule has 0 saturated heterocycles. The lowest BCUT2D eigenvalue weighted by atomic mass is 10.2. The number of nitrogens with two attached hydrogens (primary N) is 1. The summed E-state index contributed by atoms with van der Waals surface area (Å²) in [6.07, 6.45) is 3.24. The molecule has 0 spiro atoms. The van der Waals surface area contributed by atoms with E-state index in [9.17, 15) is 4.79 Å². The summed E-state index contributed by atoms with van der Waals surface area (Å²) in [7, 11) is 0. The minimum absolute atomic E-state index is 0.0537. The zero-order valence-electron chi connectivity index (χ0n) is 8.73. The van der Waals surface area contributed by atoms with Crippen LogP contribution in [0, 0.1) is 0 Å².